The van der Waals surface area contributed by atoms with Crippen LogP contribution in [-0.2, 0) is 16.3 Å². The molecule has 0 fully saturated rings. The first-order chi connectivity index (χ1) is 7.62. The maximum Gasteiger partial charge on any atom is 0.258 e. The van der Waals surface area contributed by atoms with Gasteiger partial charge in [0.2, 0.25) is 0 Å². The second-order valence-electron chi connectivity index (χ2n) is 5.03. The predicted octanol–water partition coefficient (Wildman–Crippen LogP) is 2.96. The molecule has 0 heterocycles. The number of alkyl halides is 1. The summed E-state index contributed by atoms with van der Waals surface area (Å²) < 4.78 is 5.57. The third kappa shape index (κ3) is 3.40. The first kappa shape index (κ1) is 15.4. The van der Waals surface area contributed by atoms with E-state index < -0.39 is 17.6 Å². The van der Waals surface area contributed by atoms with Crippen molar-refractivity contribution in [2.45, 2.75) is 31.7 Å². The zero-order valence-electron chi connectivity index (χ0n) is 10.5. The highest BCUT2D eigenvalue weighted by Crippen LogP contribution is 2.49. The lowest BCUT2D eigenvalue weighted by Crippen LogP contribution is -2.47. The first-order valence-corrected chi connectivity index (χ1v) is 8.43. The normalized spacial score (nSPS) is 32.5. The summed E-state index contributed by atoms with van der Waals surface area (Å²) in [5.41, 5.74) is -0.219. The van der Waals surface area contributed by atoms with Crippen molar-refractivity contribution >= 4 is 30.1 Å². The van der Waals surface area contributed by atoms with E-state index in [4.69, 9.17) is 27.9 Å². The van der Waals surface area contributed by atoms with Gasteiger partial charge in [0.25, 0.3) is 6.64 Å². The second-order valence-corrected chi connectivity index (χ2v) is 8.84. The molecule has 0 aromatic carbocycles. The standard InChI is InChI=1S/C11H19ClNO2PS/c1-10(2,3)11(12)8-6-5-7-9(11)15-16(14,17)13-4/h5-9H,1-4H3,(H2,13,14,17). The molecule has 3 unspecified atom stereocenters. The molecule has 3 atom stereocenters. The zero-order chi connectivity index (χ0) is 13.3. The Morgan fingerprint density at radius 1 is 1.47 bits per heavy atom. The second kappa shape index (κ2) is 5.12. The van der Waals surface area contributed by atoms with Gasteiger partial charge >= 0.3 is 0 Å². The zero-order valence-corrected chi connectivity index (χ0v) is 12.9. The molecule has 1 aliphatic carbocycles. The van der Waals surface area contributed by atoms with Crippen LogP contribution in [0.5, 0.6) is 0 Å². The summed E-state index contributed by atoms with van der Waals surface area (Å²) in [7, 11) is 1.58. The Hall–Kier alpha value is 0.300. The summed E-state index contributed by atoms with van der Waals surface area (Å²) >= 11 is 11.6. The smallest absolute Gasteiger partial charge is 0.258 e. The van der Waals surface area contributed by atoms with Crippen LogP contribution in [0, 0.1) is 5.41 Å². The molecule has 0 saturated heterocycles. The fraction of sp³-hybridized carbons (Fsp3) is 0.636. The fourth-order valence-electron chi connectivity index (χ4n) is 1.59. The van der Waals surface area contributed by atoms with Crippen molar-refractivity contribution in [3.05, 3.63) is 24.3 Å². The Morgan fingerprint density at radius 2 is 2.06 bits per heavy atom. The van der Waals surface area contributed by atoms with E-state index in [0.717, 1.165) is 0 Å². The minimum Gasteiger partial charge on any atom is -0.334 e. The van der Waals surface area contributed by atoms with Gasteiger partial charge in [-0.1, -0.05) is 45.1 Å². The van der Waals surface area contributed by atoms with Crippen LogP contribution < -0.4 is 5.09 Å². The molecule has 2 N–H and O–H groups in total. The highest BCUT2D eigenvalue weighted by atomic mass is 35.5. The molecule has 0 radical (unpaired) electrons. The molecule has 0 saturated carbocycles. The van der Waals surface area contributed by atoms with E-state index >= 15 is 0 Å². The van der Waals surface area contributed by atoms with Crippen LogP contribution in [-0.4, -0.2) is 22.9 Å². The molecule has 0 spiro atoms. The van der Waals surface area contributed by atoms with Crippen molar-refractivity contribution in [1.82, 2.24) is 5.09 Å². The molecule has 0 aliphatic heterocycles. The molecule has 1 aliphatic rings. The average molecular weight is 296 g/mol. The lowest BCUT2D eigenvalue weighted by atomic mass is 9.75. The lowest BCUT2D eigenvalue weighted by Gasteiger charge is -2.43. The minimum absolute atomic E-state index is 0.219. The van der Waals surface area contributed by atoms with Crippen LogP contribution in [0.15, 0.2) is 24.3 Å². The van der Waals surface area contributed by atoms with Crippen LogP contribution in [0.3, 0.4) is 0 Å². The van der Waals surface area contributed by atoms with Crippen LogP contribution in [0.4, 0.5) is 0 Å². The summed E-state index contributed by atoms with van der Waals surface area (Å²) in [5.74, 6) is 0. The summed E-state index contributed by atoms with van der Waals surface area (Å²) in [6.45, 7) is 3.11. The van der Waals surface area contributed by atoms with Gasteiger partial charge < -0.3 is 9.42 Å². The van der Waals surface area contributed by atoms with Gasteiger partial charge in [0.15, 0.2) is 0 Å². The molecule has 6 heteroatoms. The van der Waals surface area contributed by atoms with Gasteiger partial charge in [0.05, 0.1) is 4.87 Å². The molecular formula is C11H19ClNO2PS. The molecular weight excluding hydrogens is 277 g/mol. The molecule has 0 aromatic heterocycles. The van der Waals surface area contributed by atoms with Crippen molar-refractivity contribution in [2.75, 3.05) is 7.05 Å². The topological polar surface area (TPSA) is 41.5 Å². The Labute approximate surface area is 113 Å². The SMILES string of the molecule is CNP(O)(=S)OC1C=CC=CC1(Cl)C(C)(C)C. The van der Waals surface area contributed by atoms with Gasteiger partial charge in [0.1, 0.15) is 6.10 Å². The van der Waals surface area contributed by atoms with Gasteiger partial charge in [0, 0.05) is 0 Å². The van der Waals surface area contributed by atoms with Crippen LogP contribution in [0.1, 0.15) is 20.8 Å². The number of hydrogen-bond acceptors (Lipinski definition) is 2. The molecule has 0 bridgehead atoms. The van der Waals surface area contributed by atoms with E-state index in [1.807, 2.05) is 45.1 Å². The van der Waals surface area contributed by atoms with Crippen molar-refractivity contribution in [1.29, 1.82) is 0 Å². The van der Waals surface area contributed by atoms with E-state index in [2.05, 4.69) is 5.09 Å². The molecule has 17 heavy (non-hydrogen) atoms. The summed E-state index contributed by atoms with van der Waals surface area (Å²) in [4.78, 5) is 9.13. The van der Waals surface area contributed by atoms with Crippen molar-refractivity contribution in [3.8, 4) is 0 Å². The predicted molar refractivity (Wildman–Crippen MR) is 76.8 cm³/mol. The molecule has 0 amide bonds. The number of hydrogen-bond donors (Lipinski definition) is 2. The van der Waals surface area contributed by atoms with Gasteiger partial charge in [-0.3, -0.25) is 0 Å². The van der Waals surface area contributed by atoms with E-state index in [1.165, 1.54) is 0 Å². The van der Waals surface area contributed by atoms with Gasteiger partial charge in [-0.25, -0.2) is 5.09 Å². The number of allylic oxidation sites excluding steroid dienone is 2. The summed E-state index contributed by atoms with van der Waals surface area (Å²) in [5, 5.41) is 2.62. The molecule has 3 nitrogen and oxygen atoms in total. The van der Waals surface area contributed by atoms with E-state index in [0.29, 0.717) is 0 Å². The maximum absolute atomic E-state index is 9.85. The summed E-state index contributed by atoms with van der Waals surface area (Å²) in [6, 6.07) is 0. The number of halogens is 1. The Kier molecular flexibility index (Phi) is 4.63. The largest absolute Gasteiger partial charge is 0.334 e. The maximum atomic E-state index is 9.85. The Balaban J connectivity index is 3.02. The average Bonchev–Trinajstić information content (AvgIpc) is 2.20. The quantitative estimate of drug-likeness (QED) is 0.620. The number of rotatable bonds is 3. The van der Waals surface area contributed by atoms with E-state index in [-0.39, 0.29) is 5.41 Å². The highest BCUT2D eigenvalue weighted by Gasteiger charge is 2.46. The van der Waals surface area contributed by atoms with Gasteiger partial charge in [-0.2, -0.15) is 0 Å². The third-order valence-corrected chi connectivity index (χ3v) is 5.63. The van der Waals surface area contributed by atoms with Crippen LogP contribution in [0.25, 0.3) is 0 Å². The fourth-order valence-corrected chi connectivity index (χ4v) is 2.77. The third-order valence-electron chi connectivity index (χ3n) is 2.84. The van der Waals surface area contributed by atoms with Gasteiger partial charge in [-0.15, -0.1) is 11.6 Å². The van der Waals surface area contributed by atoms with E-state index in [1.54, 1.807) is 7.05 Å². The lowest BCUT2D eigenvalue weighted by molar-refractivity contribution is 0.144. The Bertz CT molecular complexity index is 391. The Morgan fingerprint density at radius 3 is 2.53 bits per heavy atom. The van der Waals surface area contributed by atoms with E-state index in [9.17, 15) is 4.89 Å². The molecule has 0 aromatic rings. The molecule has 1 rings (SSSR count). The van der Waals surface area contributed by atoms with Crippen molar-refractivity contribution in [3.63, 3.8) is 0 Å². The van der Waals surface area contributed by atoms with Crippen LogP contribution >= 0.6 is 18.2 Å². The number of nitrogens with one attached hydrogen (secondary N) is 1. The first-order valence-electron chi connectivity index (χ1n) is 5.37. The minimum atomic E-state index is -2.98. The van der Waals surface area contributed by atoms with Crippen molar-refractivity contribution < 1.29 is 9.42 Å². The van der Waals surface area contributed by atoms with Gasteiger partial charge in [-0.05, 0) is 24.3 Å². The summed E-state index contributed by atoms with van der Waals surface area (Å²) in [6.07, 6.45) is 7.01. The molecule has 98 valence electrons. The van der Waals surface area contributed by atoms with Crippen molar-refractivity contribution in [2.24, 2.45) is 5.41 Å². The highest BCUT2D eigenvalue weighted by molar-refractivity contribution is 8.08. The monoisotopic (exact) mass is 295 g/mol. The van der Waals surface area contributed by atoms with Crippen LogP contribution in [0.2, 0.25) is 0 Å².